The molecule has 1 amide bonds. The number of ether oxygens (including phenoxy) is 1. The second-order valence-corrected chi connectivity index (χ2v) is 6.99. The Bertz CT molecular complexity index is 840. The molecule has 0 spiro atoms. The third-order valence-electron chi connectivity index (χ3n) is 4.69. The number of carbonyl (C=O) groups is 1. The number of carbonyl (C=O) groups excluding carboxylic acids is 1. The lowest BCUT2D eigenvalue weighted by atomic mass is 9.93. The summed E-state index contributed by atoms with van der Waals surface area (Å²) in [5.74, 6) is 0.478. The predicted octanol–water partition coefficient (Wildman–Crippen LogP) is 3.68. The maximum atomic E-state index is 12.3. The molecule has 6 nitrogen and oxygen atoms in total. The van der Waals surface area contributed by atoms with Crippen LogP contribution < -0.4 is 10.1 Å². The largest absolute Gasteiger partial charge is 0.490 e. The first-order chi connectivity index (χ1) is 13.1. The van der Waals surface area contributed by atoms with Crippen LogP contribution in [0.1, 0.15) is 54.4 Å². The summed E-state index contributed by atoms with van der Waals surface area (Å²) in [6.07, 6.45) is 4.21. The molecule has 0 atom stereocenters. The highest BCUT2D eigenvalue weighted by Crippen LogP contribution is 2.27. The van der Waals surface area contributed by atoms with Crippen molar-refractivity contribution < 1.29 is 9.53 Å². The van der Waals surface area contributed by atoms with E-state index in [1.54, 1.807) is 24.3 Å². The zero-order chi connectivity index (χ0) is 19.2. The molecule has 2 aromatic rings. The van der Waals surface area contributed by atoms with Crippen molar-refractivity contribution in [1.29, 1.82) is 5.26 Å². The molecular formula is C20H21ClN4O2. The van der Waals surface area contributed by atoms with Crippen LogP contribution in [0.5, 0.6) is 5.75 Å². The van der Waals surface area contributed by atoms with Gasteiger partial charge in [-0.15, -0.1) is 5.10 Å². The number of amides is 1. The fourth-order valence-corrected chi connectivity index (χ4v) is 3.32. The third-order valence-corrected chi connectivity index (χ3v) is 5.00. The number of nitrogens with one attached hydrogen (secondary N) is 1. The van der Waals surface area contributed by atoms with Crippen LogP contribution >= 0.6 is 11.6 Å². The van der Waals surface area contributed by atoms with Gasteiger partial charge in [-0.2, -0.15) is 10.4 Å². The maximum absolute atomic E-state index is 12.3. The summed E-state index contributed by atoms with van der Waals surface area (Å²) >= 11 is 6.04. The van der Waals surface area contributed by atoms with Gasteiger partial charge < -0.3 is 10.1 Å². The minimum Gasteiger partial charge on any atom is -0.490 e. The number of benzene rings is 1. The van der Waals surface area contributed by atoms with Gasteiger partial charge in [0, 0.05) is 12.1 Å². The fraction of sp³-hybridized carbons (Fsp3) is 0.400. The molecule has 0 aliphatic heterocycles. The lowest BCUT2D eigenvalue weighted by molar-refractivity contribution is 0.0888. The molecule has 1 saturated carbocycles. The number of aryl methyl sites for hydroxylation is 1. The highest BCUT2D eigenvalue weighted by Gasteiger charge is 2.24. The normalized spacial score (nSPS) is 19.1. The van der Waals surface area contributed by atoms with E-state index in [-0.39, 0.29) is 18.1 Å². The van der Waals surface area contributed by atoms with E-state index in [4.69, 9.17) is 21.6 Å². The molecular weight excluding hydrogens is 364 g/mol. The van der Waals surface area contributed by atoms with Crippen molar-refractivity contribution in [2.24, 2.45) is 0 Å². The van der Waals surface area contributed by atoms with E-state index in [2.05, 4.69) is 15.5 Å². The molecule has 1 aromatic carbocycles. The quantitative estimate of drug-likeness (QED) is 0.849. The number of hydrogen-bond donors (Lipinski definition) is 1. The Hall–Kier alpha value is -2.65. The molecule has 3 rings (SSSR count). The number of rotatable bonds is 5. The summed E-state index contributed by atoms with van der Waals surface area (Å²) in [6, 6.07) is 10.8. The van der Waals surface area contributed by atoms with Crippen molar-refractivity contribution in [2.45, 2.75) is 51.2 Å². The van der Waals surface area contributed by atoms with Crippen molar-refractivity contribution in [3.05, 3.63) is 52.3 Å². The Balaban J connectivity index is 1.49. The molecule has 140 valence electrons. The smallest absolute Gasteiger partial charge is 0.272 e. The first-order valence-electron chi connectivity index (χ1n) is 9.08. The van der Waals surface area contributed by atoms with Crippen molar-refractivity contribution in [2.75, 3.05) is 0 Å². The van der Waals surface area contributed by atoms with Gasteiger partial charge in [0.15, 0.2) is 5.69 Å². The number of hydrogen-bond acceptors (Lipinski definition) is 5. The predicted molar refractivity (Wildman–Crippen MR) is 102 cm³/mol. The molecule has 0 saturated heterocycles. The lowest BCUT2D eigenvalue weighted by Gasteiger charge is -2.29. The molecule has 27 heavy (non-hydrogen) atoms. The van der Waals surface area contributed by atoms with E-state index in [1.807, 2.05) is 19.1 Å². The molecule has 1 fully saturated rings. The zero-order valence-electron chi connectivity index (χ0n) is 15.1. The molecule has 1 aliphatic rings. The minimum absolute atomic E-state index is 0.0748. The van der Waals surface area contributed by atoms with Crippen LogP contribution in [-0.2, 0) is 6.42 Å². The van der Waals surface area contributed by atoms with Crippen molar-refractivity contribution in [3.8, 4) is 11.8 Å². The van der Waals surface area contributed by atoms with Gasteiger partial charge in [-0.3, -0.25) is 4.79 Å². The standard InChI is InChI=1S/C20H21ClN4O2/c1-2-14-6-10-19(25-24-14)20(26)23-15-4-8-16(9-5-15)27-17-7-3-13(12-22)18(21)11-17/h3,6-7,10-11,15-16H,2,4-5,8-9H2,1H3,(H,23,26)/t15-,16-. The molecule has 1 heterocycles. The van der Waals surface area contributed by atoms with Gasteiger partial charge in [0.2, 0.25) is 0 Å². The Morgan fingerprint density at radius 3 is 2.63 bits per heavy atom. The molecule has 1 aromatic heterocycles. The van der Waals surface area contributed by atoms with Crippen LogP contribution in [0.3, 0.4) is 0 Å². The summed E-state index contributed by atoms with van der Waals surface area (Å²) in [7, 11) is 0. The van der Waals surface area contributed by atoms with Gasteiger partial charge in [-0.05, 0) is 56.4 Å². The molecule has 1 aliphatic carbocycles. The first kappa shape index (κ1) is 19.1. The van der Waals surface area contributed by atoms with Gasteiger partial charge in [-0.25, -0.2) is 0 Å². The summed E-state index contributed by atoms with van der Waals surface area (Å²) in [5.41, 5.74) is 1.65. The van der Waals surface area contributed by atoms with Crippen LogP contribution in [0.4, 0.5) is 0 Å². The van der Waals surface area contributed by atoms with Crippen molar-refractivity contribution in [1.82, 2.24) is 15.5 Å². The van der Waals surface area contributed by atoms with Gasteiger partial charge in [-0.1, -0.05) is 18.5 Å². The van der Waals surface area contributed by atoms with Crippen molar-refractivity contribution in [3.63, 3.8) is 0 Å². The van der Waals surface area contributed by atoms with Gasteiger partial charge in [0.25, 0.3) is 5.91 Å². The highest BCUT2D eigenvalue weighted by atomic mass is 35.5. The Morgan fingerprint density at radius 1 is 1.26 bits per heavy atom. The Kier molecular flexibility index (Phi) is 6.25. The maximum Gasteiger partial charge on any atom is 0.272 e. The number of nitrogens with zero attached hydrogens (tertiary/aromatic N) is 3. The summed E-state index contributed by atoms with van der Waals surface area (Å²) in [6.45, 7) is 2.00. The van der Waals surface area contributed by atoms with Gasteiger partial charge >= 0.3 is 0 Å². The van der Waals surface area contributed by atoms with E-state index in [0.29, 0.717) is 22.0 Å². The summed E-state index contributed by atoms with van der Waals surface area (Å²) in [4.78, 5) is 12.3. The lowest BCUT2D eigenvalue weighted by Crippen LogP contribution is -2.40. The molecule has 1 N–H and O–H groups in total. The monoisotopic (exact) mass is 384 g/mol. The van der Waals surface area contributed by atoms with E-state index in [0.717, 1.165) is 37.8 Å². The van der Waals surface area contributed by atoms with E-state index >= 15 is 0 Å². The second-order valence-electron chi connectivity index (χ2n) is 6.58. The Morgan fingerprint density at radius 2 is 2.04 bits per heavy atom. The second kappa shape index (κ2) is 8.83. The van der Waals surface area contributed by atoms with Crippen LogP contribution in [0.15, 0.2) is 30.3 Å². The SMILES string of the molecule is CCc1ccc(C(=O)N[C@H]2CC[C@H](Oc3ccc(C#N)c(Cl)c3)CC2)nn1. The third kappa shape index (κ3) is 4.95. The number of aromatic nitrogens is 2. The van der Waals surface area contributed by atoms with Crippen LogP contribution in [0.25, 0.3) is 0 Å². The van der Waals surface area contributed by atoms with E-state index in [1.165, 1.54) is 0 Å². The first-order valence-corrected chi connectivity index (χ1v) is 9.46. The van der Waals surface area contributed by atoms with E-state index < -0.39 is 0 Å². The molecule has 0 unspecified atom stereocenters. The topological polar surface area (TPSA) is 87.9 Å². The van der Waals surface area contributed by atoms with Crippen molar-refractivity contribution >= 4 is 17.5 Å². The highest BCUT2D eigenvalue weighted by molar-refractivity contribution is 6.31. The fourth-order valence-electron chi connectivity index (χ4n) is 3.11. The van der Waals surface area contributed by atoms with Crippen LogP contribution in [0.2, 0.25) is 5.02 Å². The minimum atomic E-state index is -0.187. The Labute approximate surface area is 163 Å². The van der Waals surface area contributed by atoms with Crippen LogP contribution in [0, 0.1) is 11.3 Å². The summed E-state index contributed by atoms with van der Waals surface area (Å²) in [5, 5.41) is 20.4. The zero-order valence-corrected chi connectivity index (χ0v) is 15.9. The van der Waals surface area contributed by atoms with Gasteiger partial charge in [0.05, 0.1) is 22.4 Å². The van der Waals surface area contributed by atoms with Gasteiger partial charge in [0.1, 0.15) is 11.8 Å². The molecule has 0 bridgehead atoms. The number of halogens is 1. The summed E-state index contributed by atoms with van der Waals surface area (Å²) < 4.78 is 5.97. The van der Waals surface area contributed by atoms with Crippen LogP contribution in [-0.4, -0.2) is 28.3 Å². The number of nitriles is 1. The average molecular weight is 385 g/mol. The average Bonchev–Trinajstić information content (AvgIpc) is 2.69. The van der Waals surface area contributed by atoms with E-state index in [9.17, 15) is 4.79 Å². The molecule has 7 heteroatoms. The molecule has 0 radical (unpaired) electrons.